The Kier molecular flexibility index (Phi) is 5.29. The summed E-state index contributed by atoms with van der Waals surface area (Å²) in [6, 6.07) is 18.7. The molecule has 2 unspecified atom stereocenters. The Hall–Kier alpha value is -1.96. The van der Waals surface area contributed by atoms with E-state index in [4.69, 9.17) is 0 Å². The van der Waals surface area contributed by atoms with Crippen molar-refractivity contribution >= 4 is 11.4 Å². The van der Waals surface area contributed by atoms with Crippen molar-refractivity contribution in [3.63, 3.8) is 0 Å². The molecule has 0 saturated carbocycles. The SMILES string of the molecule is CC(C)c1ccccc1N1C(C)C(C)(C)C(C)N1c1ccccc1C(C)C. The highest BCUT2D eigenvalue weighted by molar-refractivity contribution is 5.68. The molecular weight excluding hydrogens is 328 g/mol. The maximum Gasteiger partial charge on any atom is 0.0612 e. The molecule has 2 aromatic carbocycles. The van der Waals surface area contributed by atoms with E-state index >= 15 is 0 Å². The number of hydrogen-bond acceptors (Lipinski definition) is 2. The average Bonchev–Trinajstić information content (AvgIpc) is 2.81. The fraction of sp³-hybridized carbons (Fsp3) is 0.520. The highest BCUT2D eigenvalue weighted by Crippen LogP contribution is 2.48. The molecule has 1 saturated heterocycles. The zero-order valence-electron chi connectivity index (χ0n) is 18.3. The van der Waals surface area contributed by atoms with E-state index in [2.05, 4.69) is 114 Å². The average molecular weight is 365 g/mol. The molecule has 0 radical (unpaired) electrons. The van der Waals surface area contributed by atoms with Crippen molar-refractivity contribution in [2.24, 2.45) is 5.41 Å². The first kappa shape index (κ1) is 19.8. The van der Waals surface area contributed by atoms with Crippen LogP contribution in [0.25, 0.3) is 0 Å². The van der Waals surface area contributed by atoms with Crippen molar-refractivity contribution < 1.29 is 0 Å². The summed E-state index contributed by atoms with van der Waals surface area (Å²) in [6.45, 7) is 18.7. The first-order valence-electron chi connectivity index (χ1n) is 10.4. The molecule has 2 nitrogen and oxygen atoms in total. The van der Waals surface area contributed by atoms with Crippen LogP contribution in [0, 0.1) is 5.41 Å². The molecule has 1 aliphatic rings. The molecule has 3 rings (SSSR count). The van der Waals surface area contributed by atoms with Gasteiger partial charge in [0.1, 0.15) is 0 Å². The van der Waals surface area contributed by atoms with Gasteiger partial charge in [0.25, 0.3) is 0 Å². The fourth-order valence-corrected chi connectivity index (χ4v) is 4.37. The molecule has 0 bridgehead atoms. The minimum Gasteiger partial charge on any atom is -0.281 e. The van der Waals surface area contributed by atoms with Crippen molar-refractivity contribution in [1.29, 1.82) is 0 Å². The van der Waals surface area contributed by atoms with Crippen LogP contribution in [-0.4, -0.2) is 12.1 Å². The smallest absolute Gasteiger partial charge is 0.0612 e. The minimum atomic E-state index is 0.175. The van der Waals surface area contributed by atoms with Gasteiger partial charge in [-0.2, -0.15) is 0 Å². The summed E-state index contributed by atoms with van der Waals surface area (Å²) in [4.78, 5) is 0. The standard InChI is InChI=1S/C25H36N2/c1-17(2)21-13-9-11-15-23(21)26-19(5)25(7,8)20(6)27(26)24-16-12-10-14-22(24)18(3)4/h9-20H,1-8H3. The van der Waals surface area contributed by atoms with Crippen molar-refractivity contribution in [3.8, 4) is 0 Å². The first-order valence-corrected chi connectivity index (χ1v) is 10.4. The molecule has 0 aromatic heterocycles. The van der Waals surface area contributed by atoms with Gasteiger partial charge < -0.3 is 0 Å². The van der Waals surface area contributed by atoms with Gasteiger partial charge in [-0.3, -0.25) is 10.0 Å². The lowest BCUT2D eigenvalue weighted by Gasteiger charge is -2.39. The molecule has 146 valence electrons. The van der Waals surface area contributed by atoms with Gasteiger partial charge in [-0.25, -0.2) is 0 Å². The predicted octanol–water partition coefficient (Wildman–Crippen LogP) is 6.98. The van der Waals surface area contributed by atoms with Gasteiger partial charge in [-0.1, -0.05) is 77.9 Å². The quantitative estimate of drug-likeness (QED) is 0.577. The maximum absolute atomic E-state index is 2.57. The largest absolute Gasteiger partial charge is 0.281 e. The molecule has 0 N–H and O–H groups in total. The van der Waals surface area contributed by atoms with E-state index < -0.39 is 0 Å². The van der Waals surface area contributed by atoms with Crippen molar-refractivity contribution in [2.75, 3.05) is 10.0 Å². The number of benzene rings is 2. The van der Waals surface area contributed by atoms with E-state index in [0.717, 1.165) is 0 Å². The molecule has 0 spiro atoms. The van der Waals surface area contributed by atoms with Crippen LogP contribution in [0.1, 0.15) is 78.4 Å². The molecule has 0 aliphatic carbocycles. The zero-order valence-corrected chi connectivity index (χ0v) is 18.3. The van der Waals surface area contributed by atoms with Crippen molar-refractivity contribution in [1.82, 2.24) is 0 Å². The summed E-state index contributed by atoms with van der Waals surface area (Å²) in [6.07, 6.45) is 0. The summed E-state index contributed by atoms with van der Waals surface area (Å²) in [5.74, 6) is 0.990. The Morgan fingerprint density at radius 2 is 1.00 bits per heavy atom. The number of para-hydroxylation sites is 2. The van der Waals surface area contributed by atoms with Gasteiger partial charge in [0.05, 0.1) is 23.5 Å². The van der Waals surface area contributed by atoms with Gasteiger partial charge in [0.2, 0.25) is 0 Å². The van der Waals surface area contributed by atoms with Crippen molar-refractivity contribution in [2.45, 2.75) is 79.3 Å². The van der Waals surface area contributed by atoms with Gasteiger partial charge in [0, 0.05) is 5.41 Å². The highest BCUT2D eigenvalue weighted by Gasteiger charge is 2.50. The normalized spacial score (nSPS) is 22.1. The molecule has 27 heavy (non-hydrogen) atoms. The summed E-state index contributed by atoms with van der Waals surface area (Å²) in [7, 11) is 0. The van der Waals surface area contributed by atoms with Gasteiger partial charge in [0.15, 0.2) is 0 Å². The second-order valence-electron chi connectivity index (χ2n) is 9.29. The lowest BCUT2D eigenvalue weighted by Crippen LogP contribution is -2.44. The van der Waals surface area contributed by atoms with Crippen LogP contribution in [0.2, 0.25) is 0 Å². The van der Waals surface area contributed by atoms with Crippen LogP contribution >= 0.6 is 0 Å². The number of hydrazine groups is 1. The Labute approximate surface area is 166 Å². The Bertz CT molecular complexity index is 725. The van der Waals surface area contributed by atoms with E-state index in [1.807, 2.05) is 0 Å². The van der Waals surface area contributed by atoms with E-state index in [-0.39, 0.29) is 5.41 Å². The lowest BCUT2D eigenvalue weighted by atomic mass is 9.80. The monoisotopic (exact) mass is 364 g/mol. The molecule has 2 atom stereocenters. The molecule has 1 aliphatic heterocycles. The highest BCUT2D eigenvalue weighted by atomic mass is 15.7. The summed E-state index contributed by atoms with van der Waals surface area (Å²) >= 11 is 0. The van der Waals surface area contributed by atoms with Crippen molar-refractivity contribution in [3.05, 3.63) is 59.7 Å². The molecule has 0 amide bonds. The minimum absolute atomic E-state index is 0.175. The van der Waals surface area contributed by atoms with E-state index in [0.29, 0.717) is 23.9 Å². The summed E-state index contributed by atoms with van der Waals surface area (Å²) < 4.78 is 0. The van der Waals surface area contributed by atoms with Crippen LogP contribution in [0.5, 0.6) is 0 Å². The Balaban J connectivity index is 2.23. The Morgan fingerprint density at radius 3 is 1.33 bits per heavy atom. The van der Waals surface area contributed by atoms with Crippen LogP contribution in [-0.2, 0) is 0 Å². The second kappa shape index (κ2) is 7.22. The van der Waals surface area contributed by atoms with E-state index in [1.54, 1.807) is 0 Å². The maximum atomic E-state index is 2.57. The van der Waals surface area contributed by atoms with Crippen LogP contribution in [0.3, 0.4) is 0 Å². The fourth-order valence-electron chi connectivity index (χ4n) is 4.37. The topological polar surface area (TPSA) is 6.48 Å². The van der Waals surface area contributed by atoms with Gasteiger partial charge in [-0.05, 0) is 48.9 Å². The molecule has 1 fully saturated rings. The molecule has 2 aromatic rings. The lowest BCUT2D eigenvalue weighted by molar-refractivity contribution is 0.312. The zero-order chi connectivity index (χ0) is 19.9. The number of nitrogens with zero attached hydrogens (tertiary/aromatic N) is 2. The summed E-state index contributed by atoms with van der Waals surface area (Å²) in [5, 5.41) is 5.14. The molecular formula is C25H36N2. The molecule has 2 heteroatoms. The Morgan fingerprint density at radius 1 is 0.667 bits per heavy atom. The second-order valence-corrected chi connectivity index (χ2v) is 9.29. The molecule has 1 heterocycles. The summed E-state index contributed by atoms with van der Waals surface area (Å²) in [5.41, 5.74) is 5.70. The first-order chi connectivity index (χ1) is 12.7. The van der Waals surface area contributed by atoms with Crippen LogP contribution in [0.4, 0.5) is 11.4 Å². The number of hydrogen-bond donors (Lipinski definition) is 0. The third kappa shape index (κ3) is 3.24. The third-order valence-corrected chi connectivity index (χ3v) is 6.73. The van der Waals surface area contributed by atoms with Gasteiger partial charge in [-0.15, -0.1) is 0 Å². The number of anilines is 2. The van der Waals surface area contributed by atoms with E-state index in [9.17, 15) is 0 Å². The van der Waals surface area contributed by atoms with Crippen LogP contribution < -0.4 is 10.0 Å². The van der Waals surface area contributed by atoms with E-state index in [1.165, 1.54) is 22.5 Å². The van der Waals surface area contributed by atoms with Gasteiger partial charge >= 0.3 is 0 Å². The number of rotatable bonds is 4. The predicted molar refractivity (Wildman–Crippen MR) is 119 cm³/mol. The van der Waals surface area contributed by atoms with Crippen LogP contribution in [0.15, 0.2) is 48.5 Å². The third-order valence-electron chi connectivity index (χ3n) is 6.73.